The fourth-order valence-electron chi connectivity index (χ4n) is 3.29. The van der Waals surface area contributed by atoms with Crippen molar-refractivity contribution in [3.05, 3.63) is 70.7 Å². The third kappa shape index (κ3) is 8.51. The Balaban J connectivity index is 1.66. The van der Waals surface area contributed by atoms with E-state index in [1.54, 1.807) is 29.8 Å². The number of anilines is 2. The Labute approximate surface area is 218 Å². The van der Waals surface area contributed by atoms with Crippen LogP contribution in [-0.4, -0.2) is 49.3 Å². The lowest BCUT2D eigenvalue weighted by Crippen LogP contribution is -2.46. The Kier molecular flexibility index (Phi) is 9.93. The third-order valence-electron chi connectivity index (χ3n) is 5.11. The topological polar surface area (TPSA) is 202 Å². The third-order valence-corrected chi connectivity index (χ3v) is 7.39. The van der Waals surface area contributed by atoms with Gasteiger partial charge in [0.05, 0.1) is 22.8 Å². The van der Waals surface area contributed by atoms with Crippen LogP contribution in [0.3, 0.4) is 0 Å². The molecular weight excluding hydrogens is 518 g/mol. The van der Waals surface area contributed by atoms with Crippen LogP contribution in [0.25, 0.3) is 0 Å². The molecule has 0 radical (unpaired) electrons. The minimum atomic E-state index is -4.04. The van der Waals surface area contributed by atoms with Gasteiger partial charge in [-0.15, -0.1) is 11.3 Å². The van der Waals surface area contributed by atoms with Crippen LogP contribution in [0, 0.1) is 0 Å². The Hall–Kier alpha value is -3.56. The summed E-state index contributed by atoms with van der Waals surface area (Å²) in [5, 5.41) is 19.3. The molecule has 2 heterocycles. The first-order valence-corrected chi connectivity index (χ1v) is 13.6. The number of hydrogen-bond acceptors (Lipinski definition) is 10. The van der Waals surface area contributed by atoms with Gasteiger partial charge in [-0.2, -0.15) is 0 Å². The second-order valence-corrected chi connectivity index (χ2v) is 10.6. The van der Waals surface area contributed by atoms with E-state index in [2.05, 4.69) is 25.7 Å². The summed E-state index contributed by atoms with van der Waals surface area (Å²) in [4.78, 5) is 28.7. The van der Waals surface area contributed by atoms with Gasteiger partial charge in [0.2, 0.25) is 0 Å². The van der Waals surface area contributed by atoms with Crippen LogP contribution in [0.2, 0.25) is 0 Å². The highest BCUT2D eigenvalue weighted by Gasteiger charge is 2.25. The number of carboxylic acid groups (broad SMARTS) is 1. The van der Waals surface area contributed by atoms with Gasteiger partial charge < -0.3 is 27.2 Å². The summed E-state index contributed by atoms with van der Waals surface area (Å²) >= 11 is 0.992. The van der Waals surface area contributed by atoms with Gasteiger partial charge in [0.15, 0.2) is 0 Å². The summed E-state index contributed by atoms with van der Waals surface area (Å²) in [5.74, 6) is -1.91. The number of carbonyl (C=O) groups is 2. The van der Waals surface area contributed by atoms with Crippen molar-refractivity contribution in [3.8, 4) is 0 Å². The summed E-state index contributed by atoms with van der Waals surface area (Å²) in [7, 11) is -4.04. The zero-order valence-corrected chi connectivity index (χ0v) is 21.4. The average molecular weight is 548 g/mol. The normalized spacial score (nSPS) is 12.2. The monoisotopic (exact) mass is 547 g/mol. The van der Waals surface area contributed by atoms with Gasteiger partial charge in [0.25, 0.3) is 15.9 Å². The van der Waals surface area contributed by atoms with Crippen LogP contribution in [0.15, 0.2) is 65.0 Å². The number of thiophene rings is 1. The number of carbonyl (C=O) groups excluding carboxylic acids is 1. The van der Waals surface area contributed by atoms with Crippen molar-refractivity contribution < 1.29 is 23.1 Å². The van der Waals surface area contributed by atoms with E-state index in [0.717, 1.165) is 17.0 Å². The van der Waals surface area contributed by atoms with Crippen LogP contribution in [0.1, 0.15) is 28.2 Å². The molecule has 0 aliphatic heterocycles. The summed E-state index contributed by atoms with van der Waals surface area (Å²) in [6.45, 7) is 0.781. The quantitative estimate of drug-likeness (QED) is 0.114. The second kappa shape index (κ2) is 13.1. The highest BCUT2D eigenvalue weighted by Crippen LogP contribution is 2.26. The molecule has 3 aromatic rings. The number of aromatic nitrogens is 1. The SMILES string of the molecule is NC(N)NCCC[C@H](NC(=O)c1sccc1NS(=O)(=O)c1cccc(NCc2ccccn2)c1)C(=O)O. The molecule has 1 aromatic carbocycles. The molecule has 2 aromatic heterocycles. The minimum absolute atomic E-state index is 0.00916. The zero-order valence-electron chi connectivity index (χ0n) is 19.8. The van der Waals surface area contributed by atoms with E-state index < -0.39 is 34.2 Å². The van der Waals surface area contributed by atoms with Crippen LogP contribution < -0.4 is 32.1 Å². The molecule has 1 amide bonds. The van der Waals surface area contributed by atoms with E-state index in [-0.39, 0.29) is 21.9 Å². The van der Waals surface area contributed by atoms with E-state index in [4.69, 9.17) is 11.5 Å². The Morgan fingerprint density at radius 3 is 2.62 bits per heavy atom. The molecule has 12 nitrogen and oxygen atoms in total. The largest absolute Gasteiger partial charge is 0.480 e. The lowest BCUT2D eigenvalue weighted by molar-refractivity contribution is -0.139. The Morgan fingerprint density at radius 2 is 1.92 bits per heavy atom. The maximum Gasteiger partial charge on any atom is 0.326 e. The van der Waals surface area contributed by atoms with Gasteiger partial charge in [0, 0.05) is 11.9 Å². The standard InChI is InChI=1S/C23H29N7O5S2/c24-23(25)27-11-4-8-19(22(32)33)29-21(31)20-18(9-12-36-20)30-37(34,35)17-7-3-6-15(13-17)28-14-16-5-1-2-10-26-16/h1-3,5-7,9-10,12-13,19,23,27-28,30H,4,8,11,14,24-25H2,(H,29,31)(H,32,33)/t19-/m0/s1. The number of rotatable bonds is 14. The first-order chi connectivity index (χ1) is 17.7. The summed E-state index contributed by atoms with van der Waals surface area (Å²) in [6, 6.07) is 12.0. The number of nitrogens with zero attached hydrogens (tertiary/aromatic N) is 1. The van der Waals surface area contributed by atoms with Crippen LogP contribution in [0.5, 0.6) is 0 Å². The molecule has 0 fully saturated rings. The molecule has 0 aliphatic rings. The number of aliphatic carboxylic acids is 1. The summed E-state index contributed by atoms with van der Waals surface area (Å²) in [6.07, 6.45) is 1.48. The molecular formula is C23H29N7O5S2. The molecule has 0 saturated carbocycles. The second-order valence-electron chi connectivity index (χ2n) is 7.96. The maximum atomic E-state index is 13.1. The van der Waals surface area contributed by atoms with Crippen molar-refractivity contribution in [1.29, 1.82) is 0 Å². The molecule has 14 heteroatoms. The molecule has 37 heavy (non-hydrogen) atoms. The van der Waals surface area contributed by atoms with Crippen LogP contribution >= 0.6 is 11.3 Å². The number of nitrogens with one attached hydrogen (secondary N) is 4. The number of benzene rings is 1. The predicted molar refractivity (Wildman–Crippen MR) is 141 cm³/mol. The molecule has 0 bridgehead atoms. The minimum Gasteiger partial charge on any atom is -0.480 e. The smallest absolute Gasteiger partial charge is 0.326 e. The molecule has 0 unspecified atom stereocenters. The van der Waals surface area contributed by atoms with Gasteiger partial charge in [-0.1, -0.05) is 12.1 Å². The van der Waals surface area contributed by atoms with Crippen molar-refractivity contribution in [1.82, 2.24) is 15.6 Å². The van der Waals surface area contributed by atoms with Crippen molar-refractivity contribution in [2.24, 2.45) is 11.5 Å². The highest BCUT2D eigenvalue weighted by molar-refractivity contribution is 7.92. The molecule has 0 saturated heterocycles. The first-order valence-electron chi connectivity index (χ1n) is 11.3. The fourth-order valence-corrected chi connectivity index (χ4v) is 5.23. The van der Waals surface area contributed by atoms with Crippen LogP contribution in [-0.2, 0) is 21.4 Å². The molecule has 0 spiro atoms. The van der Waals surface area contributed by atoms with Crippen molar-refractivity contribution >= 4 is 44.6 Å². The van der Waals surface area contributed by atoms with Crippen molar-refractivity contribution in [3.63, 3.8) is 0 Å². The lowest BCUT2D eigenvalue weighted by Gasteiger charge is -2.16. The molecule has 3 rings (SSSR count). The van der Waals surface area contributed by atoms with Crippen LogP contribution in [0.4, 0.5) is 11.4 Å². The Morgan fingerprint density at radius 1 is 1.11 bits per heavy atom. The van der Waals surface area contributed by atoms with E-state index in [1.807, 2.05) is 12.1 Å². The van der Waals surface area contributed by atoms with E-state index in [1.165, 1.54) is 18.2 Å². The van der Waals surface area contributed by atoms with Crippen molar-refractivity contribution in [2.45, 2.75) is 36.6 Å². The Bertz CT molecular complexity index is 1300. The summed E-state index contributed by atoms with van der Waals surface area (Å²) in [5.41, 5.74) is 12.2. The van der Waals surface area contributed by atoms with E-state index in [9.17, 15) is 23.1 Å². The number of sulfonamides is 1. The number of carboxylic acids is 1. The fraction of sp³-hybridized carbons (Fsp3) is 0.261. The van der Waals surface area contributed by atoms with Gasteiger partial charge in [-0.05, 0) is 61.2 Å². The number of hydrogen-bond donors (Lipinski definition) is 7. The van der Waals surface area contributed by atoms with Crippen molar-refractivity contribution in [2.75, 3.05) is 16.6 Å². The molecule has 9 N–H and O–H groups in total. The molecule has 1 atom stereocenters. The van der Waals surface area contributed by atoms with Gasteiger partial charge in [-0.3, -0.25) is 19.8 Å². The zero-order chi connectivity index (χ0) is 26.8. The maximum absolute atomic E-state index is 13.1. The van der Waals surface area contributed by atoms with E-state index >= 15 is 0 Å². The van der Waals surface area contributed by atoms with Gasteiger partial charge in [-0.25, -0.2) is 13.2 Å². The van der Waals surface area contributed by atoms with Gasteiger partial charge >= 0.3 is 5.97 Å². The molecule has 0 aliphatic carbocycles. The molecule has 198 valence electrons. The van der Waals surface area contributed by atoms with Gasteiger partial charge in [0.1, 0.15) is 17.2 Å². The lowest BCUT2D eigenvalue weighted by atomic mass is 10.1. The number of amides is 1. The van der Waals surface area contributed by atoms with E-state index in [0.29, 0.717) is 25.2 Å². The average Bonchev–Trinajstić information content (AvgIpc) is 3.32. The first kappa shape index (κ1) is 28.0. The number of pyridine rings is 1. The highest BCUT2D eigenvalue weighted by atomic mass is 32.2. The summed E-state index contributed by atoms with van der Waals surface area (Å²) < 4.78 is 28.6. The number of nitrogens with two attached hydrogens (primary N) is 2. The predicted octanol–water partition coefficient (Wildman–Crippen LogP) is 1.31.